The van der Waals surface area contributed by atoms with Crippen LogP contribution in [0.5, 0.6) is 5.75 Å². The molecule has 0 fully saturated rings. The number of carbonyl (C=O) groups excluding carboxylic acids is 1. The van der Waals surface area contributed by atoms with Crippen molar-refractivity contribution >= 4 is 5.91 Å². The molecule has 4 heteroatoms. The van der Waals surface area contributed by atoms with E-state index in [0.29, 0.717) is 13.1 Å². The highest BCUT2D eigenvalue weighted by atomic mass is 16.5. The van der Waals surface area contributed by atoms with Crippen molar-refractivity contribution in [2.75, 3.05) is 6.54 Å². The average Bonchev–Trinajstić information content (AvgIpc) is 2.41. The average molecular weight is 264 g/mol. The molecule has 0 aliphatic heterocycles. The maximum absolute atomic E-state index is 11.9. The van der Waals surface area contributed by atoms with Crippen molar-refractivity contribution in [3.05, 3.63) is 29.3 Å². The Balaban J connectivity index is 2.66. The van der Waals surface area contributed by atoms with Gasteiger partial charge in [-0.2, -0.15) is 0 Å². The number of nitrogens with two attached hydrogens (primary N) is 1. The van der Waals surface area contributed by atoms with Crippen molar-refractivity contribution in [3.8, 4) is 5.75 Å². The summed E-state index contributed by atoms with van der Waals surface area (Å²) >= 11 is 0. The zero-order chi connectivity index (χ0) is 14.3. The van der Waals surface area contributed by atoms with Crippen molar-refractivity contribution in [2.24, 2.45) is 5.73 Å². The number of hydrogen-bond acceptors (Lipinski definition) is 3. The number of aryl methyl sites for hydroxylation is 1. The van der Waals surface area contributed by atoms with Gasteiger partial charge in [0, 0.05) is 18.7 Å². The van der Waals surface area contributed by atoms with Crippen LogP contribution in [0.1, 0.15) is 37.8 Å². The molecule has 0 bridgehead atoms. The van der Waals surface area contributed by atoms with E-state index < -0.39 is 6.10 Å². The summed E-state index contributed by atoms with van der Waals surface area (Å²) in [5.74, 6) is 0.641. The molecule has 0 spiro atoms. The van der Waals surface area contributed by atoms with Crippen molar-refractivity contribution in [3.63, 3.8) is 0 Å². The number of benzene rings is 1. The van der Waals surface area contributed by atoms with Crippen LogP contribution in [0.2, 0.25) is 0 Å². The fourth-order valence-corrected chi connectivity index (χ4v) is 1.80. The van der Waals surface area contributed by atoms with Gasteiger partial charge in [0.1, 0.15) is 5.75 Å². The van der Waals surface area contributed by atoms with Crippen molar-refractivity contribution < 1.29 is 9.53 Å². The lowest BCUT2D eigenvalue weighted by molar-refractivity contribution is -0.127. The molecule has 0 radical (unpaired) electrons. The third-order valence-electron chi connectivity index (χ3n) is 3.01. The summed E-state index contributed by atoms with van der Waals surface area (Å²) < 4.78 is 5.77. The minimum Gasteiger partial charge on any atom is -0.480 e. The minimum absolute atomic E-state index is 0.0836. The largest absolute Gasteiger partial charge is 0.480 e. The van der Waals surface area contributed by atoms with Crippen molar-refractivity contribution in [1.29, 1.82) is 0 Å². The van der Waals surface area contributed by atoms with Crippen LogP contribution >= 0.6 is 0 Å². The van der Waals surface area contributed by atoms with Crippen molar-refractivity contribution in [2.45, 2.75) is 46.3 Å². The molecule has 1 aromatic rings. The highest BCUT2D eigenvalue weighted by Crippen LogP contribution is 2.24. The van der Waals surface area contributed by atoms with Crippen molar-refractivity contribution in [1.82, 2.24) is 5.32 Å². The molecule has 106 valence electrons. The van der Waals surface area contributed by atoms with E-state index in [0.717, 1.165) is 29.7 Å². The third-order valence-corrected chi connectivity index (χ3v) is 3.01. The second-order valence-electron chi connectivity index (χ2n) is 4.67. The lowest BCUT2D eigenvalue weighted by Crippen LogP contribution is -2.37. The van der Waals surface area contributed by atoms with E-state index in [4.69, 9.17) is 10.5 Å². The lowest BCUT2D eigenvalue weighted by Gasteiger charge is -2.18. The molecule has 0 saturated carbocycles. The van der Waals surface area contributed by atoms with E-state index in [9.17, 15) is 4.79 Å². The Labute approximate surface area is 115 Å². The first-order valence-electron chi connectivity index (χ1n) is 6.83. The van der Waals surface area contributed by atoms with Crippen LogP contribution in [0.25, 0.3) is 0 Å². The lowest BCUT2D eigenvalue weighted by atomic mass is 10.1. The Bertz CT molecular complexity index is 419. The topological polar surface area (TPSA) is 64.3 Å². The highest BCUT2D eigenvalue weighted by molar-refractivity contribution is 5.80. The van der Waals surface area contributed by atoms with Gasteiger partial charge in [-0.15, -0.1) is 0 Å². The summed E-state index contributed by atoms with van der Waals surface area (Å²) in [7, 11) is 0. The zero-order valence-electron chi connectivity index (χ0n) is 12.0. The quantitative estimate of drug-likeness (QED) is 0.742. The minimum atomic E-state index is -0.511. The molecule has 0 aliphatic rings. The van der Waals surface area contributed by atoms with Gasteiger partial charge in [0.15, 0.2) is 6.10 Å². The van der Waals surface area contributed by atoms with E-state index in [1.54, 1.807) is 6.92 Å². The second-order valence-corrected chi connectivity index (χ2v) is 4.67. The van der Waals surface area contributed by atoms with Crippen LogP contribution in [0, 0.1) is 6.92 Å². The van der Waals surface area contributed by atoms with Gasteiger partial charge in [0.2, 0.25) is 0 Å². The summed E-state index contributed by atoms with van der Waals surface area (Å²) in [6, 6.07) is 5.82. The Morgan fingerprint density at radius 1 is 1.47 bits per heavy atom. The Kier molecular flexibility index (Phi) is 6.36. The molecule has 3 N–H and O–H groups in total. The Hall–Kier alpha value is -1.55. The molecule has 1 atom stereocenters. The van der Waals surface area contributed by atoms with Crippen LogP contribution < -0.4 is 15.8 Å². The van der Waals surface area contributed by atoms with Gasteiger partial charge in [-0.05, 0) is 25.8 Å². The number of hydrogen-bond donors (Lipinski definition) is 2. The van der Waals surface area contributed by atoms with Crippen LogP contribution in [0.4, 0.5) is 0 Å². The number of rotatable bonds is 7. The predicted molar refractivity (Wildman–Crippen MR) is 77.1 cm³/mol. The molecule has 0 aromatic heterocycles. The summed E-state index contributed by atoms with van der Waals surface area (Å²) in [4.78, 5) is 11.9. The summed E-state index contributed by atoms with van der Waals surface area (Å²) in [5, 5.41) is 2.87. The molecular weight excluding hydrogens is 240 g/mol. The molecule has 19 heavy (non-hydrogen) atoms. The first-order valence-corrected chi connectivity index (χ1v) is 6.83. The van der Waals surface area contributed by atoms with Gasteiger partial charge in [-0.1, -0.05) is 31.5 Å². The SMILES string of the molecule is CCCCNC(=O)C(C)Oc1c(C)cccc1CN. The van der Waals surface area contributed by atoms with E-state index in [2.05, 4.69) is 12.2 Å². The number of nitrogens with one attached hydrogen (secondary N) is 1. The van der Waals surface area contributed by atoms with Gasteiger partial charge in [-0.3, -0.25) is 4.79 Å². The Morgan fingerprint density at radius 3 is 2.84 bits per heavy atom. The highest BCUT2D eigenvalue weighted by Gasteiger charge is 2.16. The van der Waals surface area contributed by atoms with E-state index in [1.807, 2.05) is 25.1 Å². The summed E-state index contributed by atoms with van der Waals surface area (Å²) in [6.07, 6.45) is 1.53. The van der Waals surface area contributed by atoms with Gasteiger partial charge in [0.05, 0.1) is 0 Å². The number of amides is 1. The number of unbranched alkanes of at least 4 members (excludes halogenated alkanes) is 1. The first-order chi connectivity index (χ1) is 9.10. The first kappa shape index (κ1) is 15.5. The van der Waals surface area contributed by atoms with E-state index in [1.165, 1.54) is 0 Å². The summed E-state index contributed by atoms with van der Waals surface area (Å²) in [5.41, 5.74) is 7.61. The maximum atomic E-state index is 11.9. The number of carbonyl (C=O) groups is 1. The maximum Gasteiger partial charge on any atom is 0.260 e. The molecule has 4 nitrogen and oxygen atoms in total. The predicted octanol–water partition coefficient (Wildman–Crippen LogP) is 2.14. The number of para-hydroxylation sites is 1. The van der Waals surface area contributed by atoms with Gasteiger partial charge >= 0.3 is 0 Å². The molecule has 1 aromatic carbocycles. The van der Waals surface area contributed by atoms with Crippen LogP contribution in [-0.2, 0) is 11.3 Å². The molecule has 1 unspecified atom stereocenters. The molecule has 0 saturated heterocycles. The smallest absolute Gasteiger partial charge is 0.260 e. The molecular formula is C15H24N2O2. The third kappa shape index (κ3) is 4.56. The molecule has 0 aliphatic carbocycles. The molecule has 1 rings (SSSR count). The fourth-order valence-electron chi connectivity index (χ4n) is 1.80. The monoisotopic (exact) mass is 264 g/mol. The van der Waals surface area contributed by atoms with Crippen LogP contribution in [-0.4, -0.2) is 18.6 Å². The zero-order valence-corrected chi connectivity index (χ0v) is 12.0. The van der Waals surface area contributed by atoms with Gasteiger partial charge in [0.25, 0.3) is 5.91 Å². The molecule has 1 amide bonds. The normalized spacial score (nSPS) is 12.0. The van der Waals surface area contributed by atoms with Crippen LogP contribution in [0.15, 0.2) is 18.2 Å². The fraction of sp³-hybridized carbons (Fsp3) is 0.533. The number of ether oxygens (including phenoxy) is 1. The van der Waals surface area contributed by atoms with Crippen LogP contribution in [0.3, 0.4) is 0 Å². The van der Waals surface area contributed by atoms with Gasteiger partial charge in [-0.25, -0.2) is 0 Å². The Morgan fingerprint density at radius 2 is 2.21 bits per heavy atom. The molecule has 0 heterocycles. The van der Waals surface area contributed by atoms with E-state index in [-0.39, 0.29) is 5.91 Å². The summed E-state index contributed by atoms with van der Waals surface area (Å²) in [6.45, 7) is 6.90. The van der Waals surface area contributed by atoms with Gasteiger partial charge < -0.3 is 15.8 Å². The standard InChI is InChI=1S/C15H24N2O2/c1-4-5-9-17-15(18)12(3)19-14-11(2)7-6-8-13(14)10-16/h6-8,12H,4-5,9-10,16H2,1-3H3,(H,17,18). The second kappa shape index (κ2) is 7.79. The van der Waals surface area contributed by atoms with E-state index >= 15 is 0 Å².